The molecule has 1 unspecified atom stereocenters. The van der Waals surface area contributed by atoms with Crippen LogP contribution in [0.1, 0.15) is 24.8 Å². The Morgan fingerprint density at radius 2 is 2.12 bits per heavy atom. The molecule has 0 saturated carbocycles. The Hall–Kier alpha value is -1.63. The highest BCUT2D eigenvalue weighted by Crippen LogP contribution is 2.38. The van der Waals surface area contributed by atoms with Crippen molar-refractivity contribution in [3.8, 4) is 6.07 Å². The quantitative estimate of drug-likeness (QED) is 0.816. The maximum atomic E-state index is 12.7. The van der Waals surface area contributed by atoms with Gasteiger partial charge in [0.15, 0.2) is 4.34 Å². The molecule has 1 amide bonds. The highest BCUT2D eigenvalue weighted by atomic mass is 32.2. The number of aromatic nitrogens is 2. The van der Waals surface area contributed by atoms with Crippen LogP contribution in [0.2, 0.25) is 0 Å². The van der Waals surface area contributed by atoms with Crippen molar-refractivity contribution >= 4 is 50.5 Å². The smallest absolute Gasteiger partial charge is 0.241 e. The largest absolute Gasteiger partial charge is 0.347 e. The summed E-state index contributed by atoms with van der Waals surface area (Å²) >= 11 is 4.52. The first kappa shape index (κ1) is 15.9. The zero-order chi connectivity index (χ0) is 16.5. The fourth-order valence-electron chi connectivity index (χ4n) is 2.97. The van der Waals surface area contributed by atoms with E-state index in [0.717, 1.165) is 34.0 Å². The summed E-state index contributed by atoms with van der Waals surface area (Å²) < 4.78 is 0.851. The van der Waals surface area contributed by atoms with Crippen LogP contribution in [0.5, 0.6) is 0 Å². The van der Waals surface area contributed by atoms with E-state index < -0.39 is 0 Å². The number of hydrogen-bond donors (Lipinski definition) is 0. The summed E-state index contributed by atoms with van der Waals surface area (Å²) in [6.45, 7) is 2.75. The first-order chi connectivity index (χ1) is 11.8. The van der Waals surface area contributed by atoms with Crippen molar-refractivity contribution in [3.05, 3.63) is 17.0 Å². The van der Waals surface area contributed by atoms with Crippen molar-refractivity contribution in [1.29, 1.82) is 5.26 Å². The second-order valence-electron chi connectivity index (χ2n) is 5.68. The van der Waals surface area contributed by atoms with Crippen LogP contribution in [0.15, 0.2) is 15.8 Å². The predicted octanol–water partition coefficient (Wildman–Crippen LogP) is 2.97. The first-order valence-corrected chi connectivity index (χ1v) is 10.4. The van der Waals surface area contributed by atoms with E-state index in [2.05, 4.69) is 21.2 Å². The van der Waals surface area contributed by atoms with Gasteiger partial charge in [-0.2, -0.15) is 5.26 Å². The van der Waals surface area contributed by atoms with Crippen LogP contribution in [0.4, 0.5) is 10.1 Å². The monoisotopic (exact) mass is 377 g/mol. The van der Waals surface area contributed by atoms with Crippen molar-refractivity contribution in [1.82, 2.24) is 10.2 Å². The maximum absolute atomic E-state index is 12.7. The fraction of sp³-hybridized carbons (Fsp3) is 0.467. The van der Waals surface area contributed by atoms with Crippen LogP contribution in [0.25, 0.3) is 0 Å². The molecule has 0 spiro atoms. The standard InChI is InChI=1S/C15H15N5OS3/c16-9-10-4-8-22-13(10)20-7-3-11(12(20)21)23-15-18-17-14(24-15)19-5-1-2-6-19/h4,8,11H,1-3,5-7H2. The van der Waals surface area contributed by atoms with Gasteiger partial charge in [0.25, 0.3) is 0 Å². The number of nitrogens with zero attached hydrogens (tertiary/aromatic N) is 5. The van der Waals surface area contributed by atoms with Crippen LogP contribution in [-0.4, -0.2) is 41.0 Å². The Bertz CT molecular complexity index is 789. The molecule has 0 aromatic carbocycles. The van der Waals surface area contributed by atoms with Gasteiger partial charge >= 0.3 is 0 Å². The summed E-state index contributed by atoms with van der Waals surface area (Å²) in [5.41, 5.74) is 0.575. The van der Waals surface area contributed by atoms with Crippen LogP contribution in [0.3, 0.4) is 0 Å². The first-order valence-electron chi connectivity index (χ1n) is 7.80. The average molecular weight is 378 g/mol. The topological polar surface area (TPSA) is 73.1 Å². The third-order valence-electron chi connectivity index (χ3n) is 4.18. The van der Waals surface area contributed by atoms with E-state index in [4.69, 9.17) is 5.26 Å². The van der Waals surface area contributed by atoms with Gasteiger partial charge in [-0.05, 0) is 30.7 Å². The Kier molecular flexibility index (Phi) is 4.43. The van der Waals surface area contributed by atoms with E-state index in [1.165, 1.54) is 35.9 Å². The zero-order valence-corrected chi connectivity index (χ0v) is 15.3. The second-order valence-corrected chi connectivity index (χ2v) is 8.98. The minimum atomic E-state index is -0.141. The number of carbonyl (C=O) groups excluding carboxylic acids is 1. The molecule has 6 nitrogen and oxygen atoms in total. The summed E-state index contributed by atoms with van der Waals surface area (Å²) in [6, 6.07) is 3.92. The minimum Gasteiger partial charge on any atom is -0.347 e. The molecule has 124 valence electrons. The van der Waals surface area contributed by atoms with E-state index >= 15 is 0 Å². The molecule has 2 aliphatic heterocycles. The van der Waals surface area contributed by atoms with E-state index in [-0.39, 0.29) is 11.2 Å². The van der Waals surface area contributed by atoms with Gasteiger partial charge in [-0.15, -0.1) is 21.5 Å². The van der Waals surface area contributed by atoms with Crippen molar-refractivity contribution < 1.29 is 4.79 Å². The van der Waals surface area contributed by atoms with Crippen molar-refractivity contribution in [2.45, 2.75) is 28.9 Å². The minimum absolute atomic E-state index is 0.0665. The van der Waals surface area contributed by atoms with Crippen LogP contribution < -0.4 is 9.80 Å². The number of thioether (sulfide) groups is 1. The number of rotatable bonds is 4. The summed E-state index contributed by atoms with van der Waals surface area (Å²) in [7, 11) is 0. The Morgan fingerprint density at radius 3 is 2.92 bits per heavy atom. The van der Waals surface area contributed by atoms with Gasteiger partial charge in [0.2, 0.25) is 11.0 Å². The Balaban J connectivity index is 1.45. The van der Waals surface area contributed by atoms with Gasteiger partial charge in [-0.25, -0.2) is 0 Å². The molecule has 2 aliphatic rings. The summed E-state index contributed by atoms with van der Waals surface area (Å²) in [5, 5.41) is 21.1. The van der Waals surface area contributed by atoms with Gasteiger partial charge in [-0.1, -0.05) is 23.1 Å². The van der Waals surface area contributed by atoms with Crippen LogP contribution in [0, 0.1) is 11.3 Å². The lowest BCUT2D eigenvalue weighted by atomic mass is 10.3. The molecule has 0 radical (unpaired) electrons. The molecule has 4 heterocycles. The summed E-state index contributed by atoms with van der Waals surface area (Å²) in [4.78, 5) is 16.7. The fourth-order valence-corrected chi connectivity index (χ4v) is 6.03. The lowest BCUT2D eigenvalue weighted by Crippen LogP contribution is -2.27. The lowest BCUT2D eigenvalue weighted by molar-refractivity contribution is -0.116. The molecule has 1 atom stereocenters. The Labute approximate surface area is 152 Å². The van der Waals surface area contributed by atoms with Crippen LogP contribution in [-0.2, 0) is 4.79 Å². The molecular weight excluding hydrogens is 362 g/mol. The van der Waals surface area contributed by atoms with Crippen molar-refractivity contribution in [3.63, 3.8) is 0 Å². The molecule has 0 N–H and O–H groups in total. The number of amides is 1. The average Bonchev–Trinajstić information content (AvgIpc) is 3.35. The SMILES string of the molecule is N#Cc1ccsc1N1CCC(Sc2nnc(N3CCCC3)s2)C1=O. The normalized spacial score (nSPS) is 20.8. The van der Waals surface area contributed by atoms with Gasteiger partial charge in [0.1, 0.15) is 11.1 Å². The van der Waals surface area contributed by atoms with E-state index in [1.54, 1.807) is 22.3 Å². The number of carbonyl (C=O) groups is 1. The number of anilines is 2. The van der Waals surface area contributed by atoms with Gasteiger partial charge in [-0.3, -0.25) is 4.79 Å². The number of hydrogen-bond acceptors (Lipinski definition) is 8. The number of nitriles is 1. The molecule has 2 saturated heterocycles. The van der Waals surface area contributed by atoms with Gasteiger partial charge in [0, 0.05) is 19.6 Å². The molecular formula is C15H15N5OS3. The third kappa shape index (κ3) is 2.90. The van der Waals surface area contributed by atoms with Crippen molar-refractivity contribution in [2.75, 3.05) is 29.4 Å². The maximum Gasteiger partial charge on any atom is 0.241 e. The van der Waals surface area contributed by atoms with Crippen molar-refractivity contribution in [2.24, 2.45) is 0 Å². The molecule has 9 heteroatoms. The van der Waals surface area contributed by atoms with Gasteiger partial charge in [0.05, 0.1) is 10.8 Å². The summed E-state index contributed by atoms with van der Waals surface area (Å²) in [5.74, 6) is 0.0665. The zero-order valence-electron chi connectivity index (χ0n) is 12.8. The van der Waals surface area contributed by atoms with E-state index in [0.29, 0.717) is 12.1 Å². The van der Waals surface area contributed by atoms with Crippen LogP contribution >= 0.6 is 34.4 Å². The lowest BCUT2D eigenvalue weighted by Gasteiger charge is -2.14. The highest BCUT2D eigenvalue weighted by Gasteiger charge is 2.36. The molecule has 2 aromatic heterocycles. The molecule has 2 fully saturated rings. The molecule has 0 aliphatic carbocycles. The number of thiophene rings is 1. The molecule has 0 bridgehead atoms. The highest BCUT2D eigenvalue weighted by molar-refractivity contribution is 8.02. The molecule has 24 heavy (non-hydrogen) atoms. The van der Waals surface area contributed by atoms with Gasteiger partial charge < -0.3 is 9.80 Å². The predicted molar refractivity (Wildman–Crippen MR) is 97.0 cm³/mol. The second kappa shape index (κ2) is 6.70. The van der Waals surface area contributed by atoms with E-state index in [1.807, 2.05) is 5.38 Å². The van der Waals surface area contributed by atoms with E-state index in [9.17, 15) is 4.79 Å². The molecule has 2 aromatic rings. The molecule has 4 rings (SSSR count). The summed E-state index contributed by atoms with van der Waals surface area (Å²) in [6.07, 6.45) is 3.19. The third-order valence-corrected chi connectivity index (χ3v) is 7.44. The Morgan fingerprint density at radius 1 is 1.29 bits per heavy atom.